The summed E-state index contributed by atoms with van der Waals surface area (Å²) < 4.78 is 7.65. The highest BCUT2D eigenvalue weighted by atomic mass is 16.5. The molecule has 6 nitrogen and oxygen atoms in total. The molecular weight excluding hydrogens is 340 g/mol. The van der Waals surface area contributed by atoms with E-state index in [0.717, 1.165) is 47.7 Å². The van der Waals surface area contributed by atoms with Gasteiger partial charge in [0.25, 0.3) is 0 Å². The summed E-state index contributed by atoms with van der Waals surface area (Å²) in [6.07, 6.45) is 3.91. The number of benzene rings is 1. The molecule has 3 aromatic rings. The van der Waals surface area contributed by atoms with Crippen molar-refractivity contribution in [3.63, 3.8) is 0 Å². The van der Waals surface area contributed by atoms with Gasteiger partial charge in [-0.25, -0.2) is 9.78 Å². The van der Waals surface area contributed by atoms with E-state index in [2.05, 4.69) is 15.8 Å². The van der Waals surface area contributed by atoms with Gasteiger partial charge in [-0.05, 0) is 44.0 Å². The summed E-state index contributed by atoms with van der Waals surface area (Å²) in [7, 11) is 1.67. The maximum Gasteiger partial charge on any atom is 0.318 e. The lowest BCUT2D eigenvalue weighted by atomic mass is 10.1. The van der Waals surface area contributed by atoms with E-state index in [1.165, 1.54) is 0 Å². The number of hydrogen-bond donors (Lipinski definition) is 1. The maximum absolute atomic E-state index is 12.5. The SMILES string of the molecule is CCNC(=O)N1CCCC1c1nc(-c2ccccc2OC)c2ccccn12. The predicted molar refractivity (Wildman–Crippen MR) is 105 cm³/mol. The van der Waals surface area contributed by atoms with Gasteiger partial charge in [-0.1, -0.05) is 18.2 Å². The average Bonchev–Trinajstić information content (AvgIpc) is 3.33. The summed E-state index contributed by atoms with van der Waals surface area (Å²) in [5.74, 6) is 1.69. The van der Waals surface area contributed by atoms with Crippen molar-refractivity contribution in [3.05, 3.63) is 54.5 Å². The van der Waals surface area contributed by atoms with E-state index in [1.807, 2.05) is 54.4 Å². The lowest BCUT2D eigenvalue weighted by Crippen LogP contribution is -2.39. The number of fused-ring (bicyclic) bond motifs is 1. The Morgan fingerprint density at radius 3 is 2.89 bits per heavy atom. The van der Waals surface area contributed by atoms with Crippen LogP contribution in [0.3, 0.4) is 0 Å². The third-order valence-corrected chi connectivity index (χ3v) is 5.08. The molecule has 2 amide bonds. The van der Waals surface area contributed by atoms with Crippen LogP contribution in [-0.4, -0.2) is 40.5 Å². The minimum atomic E-state index is -0.0325. The van der Waals surface area contributed by atoms with Gasteiger partial charge in [0.1, 0.15) is 17.3 Å². The Kier molecular flexibility index (Phi) is 4.71. The van der Waals surface area contributed by atoms with Crippen molar-refractivity contribution in [2.75, 3.05) is 20.2 Å². The van der Waals surface area contributed by atoms with E-state index in [9.17, 15) is 4.79 Å². The molecule has 0 bridgehead atoms. The Bertz CT molecular complexity index is 966. The molecule has 27 heavy (non-hydrogen) atoms. The molecule has 0 aliphatic carbocycles. The minimum Gasteiger partial charge on any atom is -0.496 e. The van der Waals surface area contributed by atoms with Crippen LogP contribution < -0.4 is 10.1 Å². The number of aromatic nitrogens is 2. The quantitative estimate of drug-likeness (QED) is 0.764. The fraction of sp³-hybridized carbons (Fsp3) is 0.333. The summed E-state index contributed by atoms with van der Waals surface area (Å²) in [6.45, 7) is 3.31. The molecule has 1 N–H and O–H groups in total. The molecule has 1 aromatic carbocycles. The second-order valence-electron chi connectivity index (χ2n) is 6.66. The molecule has 0 saturated carbocycles. The number of methoxy groups -OCH3 is 1. The Morgan fingerprint density at radius 1 is 1.26 bits per heavy atom. The topological polar surface area (TPSA) is 58.9 Å². The third kappa shape index (κ3) is 3.01. The summed E-state index contributed by atoms with van der Waals surface area (Å²) in [4.78, 5) is 19.4. The zero-order chi connectivity index (χ0) is 18.8. The minimum absolute atomic E-state index is 0.0217. The van der Waals surface area contributed by atoms with Crippen molar-refractivity contribution >= 4 is 11.5 Å². The standard InChI is InChI=1S/C21H24N4O2/c1-3-22-21(26)25-14-8-11-17(25)20-23-19(16-10-6-7-13-24(16)20)15-9-4-5-12-18(15)27-2/h4-7,9-10,12-13,17H,3,8,11,14H2,1-2H3,(H,22,26). The molecule has 2 aromatic heterocycles. The van der Waals surface area contributed by atoms with Gasteiger partial charge in [0, 0.05) is 24.8 Å². The first-order chi connectivity index (χ1) is 13.2. The van der Waals surface area contributed by atoms with E-state index in [1.54, 1.807) is 7.11 Å². The summed E-state index contributed by atoms with van der Waals surface area (Å²) in [5.41, 5.74) is 2.85. The molecule has 1 aliphatic heterocycles. The molecular formula is C21H24N4O2. The molecule has 1 aliphatic rings. The highest BCUT2D eigenvalue weighted by Gasteiger charge is 2.33. The Morgan fingerprint density at radius 2 is 2.07 bits per heavy atom. The number of rotatable bonds is 4. The number of likely N-dealkylation sites (tertiary alicyclic amines) is 1. The van der Waals surface area contributed by atoms with Crippen molar-refractivity contribution in [3.8, 4) is 17.0 Å². The van der Waals surface area contributed by atoms with Crippen LogP contribution in [0.4, 0.5) is 4.79 Å². The number of pyridine rings is 1. The monoisotopic (exact) mass is 364 g/mol. The Hall–Kier alpha value is -3.02. The number of imidazole rings is 1. The molecule has 1 atom stereocenters. The fourth-order valence-corrected chi connectivity index (χ4v) is 3.87. The molecule has 6 heteroatoms. The molecule has 140 valence electrons. The number of hydrogen-bond acceptors (Lipinski definition) is 3. The second-order valence-corrected chi connectivity index (χ2v) is 6.66. The van der Waals surface area contributed by atoms with Gasteiger partial charge in [0.15, 0.2) is 0 Å². The van der Waals surface area contributed by atoms with Gasteiger partial charge in [-0.3, -0.25) is 0 Å². The molecule has 1 saturated heterocycles. The number of nitrogens with zero attached hydrogens (tertiary/aromatic N) is 3. The fourth-order valence-electron chi connectivity index (χ4n) is 3.87. The zero-order valence-electron chi connectivity index (χ0n) is 15.7. The molecule has 3 heterocycles. The van der Waals surface area contributed by atoms with Crippen molar-refractivity contribution in [1.29, 1.82) is 0 Å². The number of nitrogens with one attached hydrogen (secondary N) is 1. The highest BCUT2D eigenvalue weighted by molar-refractivity contribution is 5.82. The molecule has 1 fully saturated rings. The van der Waals surface area contributed by atoms with Gasteiger partial charge < -0.3 is 19.4 Å². The van der Waals surface area contributed by atoms with E-state index in [0.29, 0.717) is 6.54 Å². The van der Waals surface area contributed by atoms with E-state index >= 15 is 0 Å². The lowest BCUT2D eigenvalue weighted by molar-refractivity contribution is 0.191. The van der Waals surface area contributed by atoms with Crippen molar-refractivity contribution < 1.29 is 9.53 Å². The van der Waals surface area contributed by atoms with Crippen LogP contribution in [0.2, 0.25) is 0 Å². The summed E-state index contributed by atoms with van der Waals surface area (Å²) >= 11 is 0. The number of carbonyl (C=O) groups is 1. The summed E-state index contributed by atoms with van der Waals surface area (Å²) in [5, 5.41) is 2.92. The van der Waals surface area contributed by atoms with Gasteiger partial charge in [-0.15, -0.1) is 0 Å². The van der Waals surface area contributed by atoms with Crippen LogP contribution in [0.25, 0.3) is 16.8 Å². The Balaban J connectivity index is 1.84. The molecule has 0 spiro atoms. The van der Waals surface area contributed by atoms with E-state index in [-0.39, 0.29) is 12.1 Å². The van der Waals surface area contributed by atoms with Crippen LogP contribution in [0, 0.1) is 0 Å². The first kappa shape index (κ1) is 17.4. The summed E-state index contributed by atoms with van der Waals surface area (Å²) in [6, 6.07) is 13.9. The second kappa shape index (κ2) is 7.31. The number of carbonyl (C=O) groups excluding carboxylic acids is 1. The number of para-hydroxylation sites is 1. The maximum atomic E-state index is 12.5. The van der Waals surface area contributed by atoms with Crippen LogP contribution in [0.5, 0.6) is 5.75 Å². The average molecular weight is 364 g/mol. The van der Waals surface area contributed by atoms with Crippen LogP contribution in [0.1, 0.15) is 31.6 Å². The Labute approximate surface area is 158 Å². The molecule has 1 unspecified atom stereocenters. The van der Waals surface area contributed by atoms with Gasteiger partial charge in [0.2, 0.25) is 0 Å². The lowest BCUT2D eigenvalue weighted by Gasteiger charge is -2.23. The van der Waals surface area contributed by atoms with Gasteiger partial charge in [0.05, 0.1) is 18.7 Å². The van der Waals surface area contributed by atoms with Crippen LogP contribution in [-0.2, 0) is 0 Å². The normalized spacial score (nSPS) is 16.7. The predicted octanol–water partition coefficient (Wildman–Crippen LogP) is 3.88. The van der Waals surface area contributed by atoms with Crippen molar-refractivity contribution in [2.24, 2.45) is 0 Å². The highest BCUT2D eigenvalue weighted by Crippen LogP contribution is 2.37. The van der Waals surface area contributed by atoms with E-state index < -0.39 is 0 Å². The van der Waals surface area contributed by atoms with Crippen molar-refractivity contribution in [2.45, 2.75) is 25.8 Å². The van der Waals surface area contributed by atoms with E-state index in [4.69, 9.17) is 9.72 Å². The number of ether oxygens (including phenoxy) is 1. The molecule has 0 radical (unpaired) electrons. The van der Waals surface area contributed by atoms with Gasteiger partial charge in [-0.2, -0.15) is 0 Å². The van der Waals surface area contributed by atoms with Gasteiger partial charge >= 0.3 is 6.03 Å². The van der Waals surface area contributed by atoms with Crippen LogP contribution >= 0.6 is 0 Å². The smallest absolute Gasteiger partial charge is 0.318 e. The first-order valence-electron chi connectivity index (χ1n) is 9.39. The van der Waals surface area contributed by atoms with Crippen molar-refractivity contribution in [1.82, 2.24) is 19.6 Å². The number of amides is 2. The first-order valence-corrected chi connectivity index (χ1v) is 9.39. The molecule has 4 rings (SSSR count). The van der Waals surface area contributed by atoms with Crippen LogP contribution in [0.15, 0.2) is 48.7 Å². The zero-order valence-corrected chi connectivity index (χ0v) is 15.7. The number of urea groups is 1. The largest absolute Gasteiger partial charge is 0.496 e. The third-order valence-electron chi connectivity index (χ3n) is 5.08.